The minimum absolute atomic E-state index is 0.485. The Morgan fingerprint density at radius 1 is 1.31 bits per heavy atom. The van der Waals surface area contributed by atoms with Gasteiger partial charge in [0.25, 0.3) is 0 Å². The van der Waals surface area contributed by atoms with Gasteiger partial charge in [0.1, 0.15) is 6.07 Å². The first-order valence-electron chi connectivity index (χ1n) is 4.76. The minimum Gasteiger partial charge on any atom is -0.379 e. The normalized spacial score (nSPS) is 9.75. The molecule has 1 aromatic heterocycles. The summed E-state index contributed by atoms with van der Waals surface area (Å²) >= 11 is 7.61. The van der Waals surface area contributed by atoms with Gasteiger partial charge >= 0.3 is 0 Å². The molecular formula is C12H9ClN2S. The van der Waals surface area contributed by atoms with E-state index in [4.69, 9.17) is 16.9 Å². The lowest BCUT2D eigenvalue weighted by Gasteiger charge is -2.07. The van der Waals surface area contributed by atoms with Crippen molar-refractivity contribution in [3.8, 4) is 6.07 Å². The molecule has 0 aliphatic carbocycles. The number of nitriles is 1. The molecule has 2 aromatic rings. The third-order valence-electron chi connectivity index (χ3n) is 2.16. The van der Waals surface area contributed by atoms with Gasteiger partial charge in [-0.3, -0.25) is 0 Å². The number of nitrogens with one attached hydrogen (secondary N) is 1. The number of hydrogen-bond donors (Lipinski definition) is 1. The molecule has 80 valence electrons. The van der Waals surface area contributed by atoms with Crippen molar-refractivity contribution in [1.29, 1.82) is 5.26 Å². The van der Waals surface area contributed by atoms with Crippen molar-refractivity contribution in [2.45, 2.75) is 6.54 Å². The van der Waals surface area contributed by atoms with Crippen LogP contribution in [0, 0.1) is 11.3 Å². The number of thiophene rings is 1. The number of anilines is 1. The molecule has 4 heteroatoms. The van der Waals surface area contributed by atoms with Crippen molar-refractivity contribution in [2.75, 3.05) is 5.32 Å². The number of hydrogen-bond acceptors (Lipinski definition) is 3. The Hall–Kier alpha value is -1.50. The van der Waals surface area contributed by atoms with Crippen LogP contribution in [0.15, 0.2) is 35.7 Å². The summed E-state index contributed by atoms with van der Waals surface area (Å²) in [6, 6.07) is 11.6. The van der Waals surface area contributed by atoms with Crippen molar-refractivity contribution in [2.24, 2.45) is 0 Å². The molecule has 0 spiro atoms. The Morgan fingerprint density at radius 3 is 2.88 bits per heavy atom. The van der Waals surface area contributed by atoms with Crippen molar-refractivity contribution >= 4 is 28.6 Å². The fourth-order valence-corrected chi connectivity index (χ4v) is 2.24. The Balaban J connectivity index is 2.16. The molecule has 1 aromatic carbocycles. The Kier molecular flexibility index (Phi) is 3.45. The molecule has 0 radical (unpaired) electrons. The Labute approximate surface area is 103 Å². The van der Waals surface area contributed by atoms with E-state index in [9.17, 15) is 0 Å². The summed E-state index contributed by atoms with van der Waals surface area (Å²) in [5, 5.41) is 14.7. The standard InChI is InChI=1S/C12H9ClN2S/c13-11-4-1-5-12(10(11)7-14)15-8-9-3-2-6-16-9/h1-6,15H,8H2. The van der Waals surface area contributed by atoms with Gasteiger partial charge in [-0.25, -0.2) is 0 Å². The van der Waals surface area contributed by atoms with Crippen LogP contribution in [0.4, 0.5) is 5.69 Å². The van der Waals surface area contributed by atoms with Crippen LogP contribution >= 0.6 is 22.9 Å². The zero-order valence-electron chi connectivity index (χ0n) is 8.40. The highest BCUT2D eigenvalue weighted by molar-refractivity contribution is 7.09. The highest BCUT2D eigenvalue weighted by Crippen LogP contribution is 2.24. The van der Waals surface area contributed by atoms with E-state index >= 15 is 0 Å². The maximum Gasteiger partial charge on any atom is 0.103 e. The third kappa shape index (κ3) is 2.35. The average molecular weight is 249 g/mol. The summed E-state index contributed by atoms with van der Waals surface area (Å²) in [6.07, 6.45) is 0. The summed E-state index contributed by atoms with van der Waals surface area (Å²) in [5.74, 6) is 0. The number of nitrogens with zero attached hydrogens (tertiary/aromatic N) is 1. The van der Waals surface area contributed by atoms with Crippen molar-refractivity contribution in [3.05, 3.63) is 51.2 Å². The Morgan fingerprint density at radius 2 is 2.19 bits per heavy atom. The van der Waals surface area contributed by atoms with Gasteiger partial charge in [0.05, 0.1) is 16.3 Å². The van der Waals surface area contributed by atoms with E-state index in [0.717, 1.165) is 5.69 Å². The van der Waals surface area contributed by atoms with Crippen molar-refractivity contribution < 1.29 is 0 Å². The lowest BCUT2D eigenvalue weighted by atomic mass is 10.2. The first kappa shape index (κ1) is 11.0. The van der Waals surface area contributed by atoms with Crippen LogP contribution in [0.1, 0.15) is 10.4 Å². The predicted octanol–water partition coefficient (Wildman–Crippen LogP) is 3.89. The zero-order valence-corrected chi connectivity index (χ0v) is 9.98. The topological polar surface area (TPSA) is 35.8 Å². The van der Waals surface area contributed by atoms with E-state index in [1.807, 2.05) is 29.6 Å². The van der Waals surface area contributed by atoms with Crippen LogP contribution in [0.2, 0.25) is 5.02 Å². The van der Waals surface area contributed by atoms with Gasteiger partial charge in [-0.15, -0.1) is 11.3 Å². The number of rotatable bonds is 3. The van der Waals surface area contributed by atoms with Crippen LogP contribution in [-0.2, 0) is 6.54 Å². The predicted molar refractivity (Wildman–Crippen MR) is 67.8 cm³/mol. The number of halogens is 1. The minimum atomic E-state index is 0.485. The largest absolute Gasteiger partial charge is 0.379 e. The monoisotopic (exact) mass is 248 g/mol. The van der Waals surface area contributed by atoms with E-state index < -0.39 is 0 Å². The molecule has 16 heavy (non-hydrogen) atoms. The van der Waals surface area contributed by atoms with Gasteiger partial charge in [0.2, 0.25) is 0 Å². The van der Waals surface area contributed by atoms with Crippen LogP contribution in [-0.4, -0.2) is 0 Å². The molecule has 0 bridgehead atoms. The second-order valence-electron chi connectivity index (χ2n) is 3.21. The SMILES string of the molecule is N#Cc1c(Cl)cccc1NCc1cccs1. The maximum atomic E-state index is 8.98. The molecule has 0 amide bonds. The van der Waals surface area contributed by atoms with Gasteiger partial charge in [-0.05, 0) is 23.6 Å². The molecule has 0 saturated heterocycles. The summed E-state index contributed by atoms with van der Waals surface area (Å²) < 4.78 is 0. The lowest BCUT2D eigenvalue weighted by Crippen LogP contribution is -1.99. The van der Waals surface area contributed by atoms with Crippen LogP contribution < -0.4 is 5.32 Å². The molecule has 2 rings (SSSR count). The zero-order chi connectivity index (χ0) is 11.4. The molecule has 0 fully saturated rings. The fraction of sp³-hybridized carbons (Fsp3) is 0.0833. The maximum absolute atomic E-state index is 8.98. The third-order valence-corrected chi connectivity index (χ3v) is 3.35. The second kappa shape index (κ2) is 5.02. The first-order valence-corrected chi connectivity index (χ1v) is 6.02. The van der Waals surface area contributed by atoms with E-state index in [-0.39, 0.29) is 0 Å². The lowest BCUT2D eigenvalue weighted by molar-refractivity contribution is 1.19. The van der Waals surface area contributed by atoms with Gasteiger partial charge < -0.3 is 5.32 Å². The molecule has 0 saturated carbocycles. The van der Waals surface area contributed by atoms with Gasteiger partial charge in [-0.1, -0.05) is 23.7 Å². The highest BCUT2D eigenvalue weighted by atomic mass is 35.5. The van der Waals surface area contributed by atoms with Crippen LogP contribution in [0.5, 0.6) is 0 Å². The highest BCUT2D eigenvalue weighted by Gasteiger charge is 2.05. The quantitative estimate of drug-likeness (QED) is 0.895. The summed E-state index contributed by atoms with van der Waals surface area (Å²) in [7, 11) is 0. The van der Waals surface area contributed by atoms with Gasteiger partial charge in [0, 0.05) is 11.4 Å². The van der Waals surface area contributed by atoms with E-state index in [1.165, 1.54) is 4.88 Å². The number of benzene rings is 1. The molecule has 0 atom stereocenters. The molecule has 0 aliphatic rings. The molecule has 2 nitrogen and oxygen atoms in total. The van der Waals surface area contributed by atoms with E-state index in [1.54, 1.807) is 17.4 Å². The van der Waals surface area contributed by atoms with Crippen molar-refractivity contribution in [3.63, 3.8) is 0 Å². The second-order valence-corrected chi connectivity index (χ2v) is 4.65. The van der Waals surface area contributed by atoms with Crippen LogP contribution in [0.25, 0.3) is 0 Å². The summed E-state index contributed by atoms with van der Waals surface area (Å²) in [6.45, 7) is 0.715. The van der Waals surface area contributed by atoms with E-state index in [0.29, 0.717) is 17.1 Å². The van der Waals surface area contributed by atoms with Crippen molar-refractivity contribution in [1.82, 2.24) is 0 Å². The summed E-state index contributed by atoms with van der Waals surface area (Å²) in [5.41, 5.74) is 1.28. The molecule has 0 aliphatic heterocycles. The molecule has 1 N–H and O–H groups in total. The fourth-order valence-electron chi connectivity index (χ4n) is 1.38. The Bertz CT molecular complexity index is 514. The first-order chi connectivity index (χ1) is 7.81. The average Bonchev–Trinajstić information content (AvgIpc) is 2.79. The van der Waals surface area contributed by atoms with Gasteiger partial charge in [0.15, 0.2) is 0 Å². The van der Waals surface area contributed by atoms with E-state index in [2.05, 4.69) is 11.4 Å². The molecular weight excluding hydrogens is 240 g/mol. The smallest absolute Gasteiger partial charge is 0.103 e. The summed E-state index contributed by atoms with van der Waals surface area (Å²) in [4.78, 5) is 1.23. The molecule has 1 heterocycles. The molecule has 0 unspecified atom stereocenters. The van der Waals surface area contributed by atoms with Gasteiger partial charge in [-0.2, -0.15) is 5.26 Å². The van der Waals surface area contributed by atoms with Crippen LogP contribution in [0.3, 0.4) is 0 Å².